The highest BCUT2D eigenvalue weighted by Crippen LogP contribution is 2.33. The van der Waals surface area contributed by atoms with Crippen molar-refractivity contribution in [1.29, 1.82) is 0 Å². The second kappa shape index (κ2) is 9.65. The Labute approximate surface area is 171 Å². The summed E-state index contributed by atoms with van der Waals surface area (Å²) in [7, 11) is 3.15. The van der Waals surface area contributed by atoms with Gasteiger partial charge in [-0.1, -0.05) is 0 Å². The van der Waals surface area contributed by atoms with Crippen molar-refractivity contribution in [2.45, 2.75) is 6.42 Å². The van der Waals surface area contributed by atoms with Crippen molar-refractivity contribution >= 4 is 28.8 Å². The second-order valence-electron chi connectivity index (χ2n) is 5.96. The van der Waals surface area contributed by atoms with Crippen LogP contribution >= 0.6 is 11.3 Å². The quantitative estimate of drug-likeness (QED) is 0.589. The first-order chi connectivity index (χ1) is 14.1. The van der Waals surface area contributed by atoms with Crippen LogP contribution in [0.5, 0.6) is 11.5 Å². The van der Waals surface area contributed by atoms with E-state index in [4.69, 9.17) is 9.47 Å². The lowest BCUT2D eigenvalue weighted by Gasteiger charge is -2.08. The number of aromatic nitrogens is 2. The van der Waals surface area contributed by atoms with Crippen molar-refractivity contribution in [3.05, 3.63) is 53.8 Å². The summed E-state index contributed by atoms with van der Waals surface area (Å²) in [6.07, 6.45) is 3.23. The molecule has 0 aliphatic rings. The summed E-state index contributed by atoms with van der Waals surface area (Å²) in [5.41, 5.74) is 2.07. The van der Waals surface area contributed by atoms with Crippen molar-refractivity contribution < 1.29 is 19.1 Å². The van der Waals surface area contributed by atoms with Gasteiger partial charge in [-0.2, -0.15) is 0 Å². The van der Waals surface area contributed by atoms with Crippen LogP contribution in [0.1, 0.15) is 5.69 Å². The fraction of sp³-hybridized carbons (Fsp3) is 0.200. The maximum absolute atomic E-state index is 12.1. The van der Waals surface area contributed by atoms with Crippen LogP contribution in [0.3, 0.4) is 0 Å². The zero-order chi connectivity index (χ0) is 20.6. The first kappa shape index (κ1) is 20.3. The van der Waals surface area contributed by atoms with Gasteiger partial charge in [0.25, 0.3) is 0 Å². The maximum Gasteiger partial charge on any atom is 0.243 e. The number of pyridine rings is 1. The van der Waals surface area contributed by atoms with Crippen molar-refractivity contribution in [2.24, 2.45) is 0 Å². The van der Waals surface area contributed by atoms with Gasteiger partial charge in [0.05, 0.1) is 44.8 Å². The zero-order valence-electron chi connectivity index (χ0n) is 16.0. The van der Waals surface area contributed by atoms with Crippen molar-refractivity contribution in [3.8, 4) is 22.1 Å². The number of thiazole rings is 1. The summed E-state index contributed by atoms with van der Waals surface area (Å²) in [5, 5.41) is 7.83. The Kier molecular flexibility index (Phi) is 6.75. The van der Waals surface area contributed by atoms with Crippen molar-refractivity contribution in [2.75, 3.05) is 26.1 Å². The average molecular weight is 412 g/mol. The van der Waals surface area contributed by atoms with Crippen LogP contribution in [0.4, 0.5) is 5.69 Å². The molecule has 3 aromatic rings. The molecule has 2 N–H and O–H groups in total. The second-order valence-corrected chi connectivity index (χ2v) is 6.82. The predicted octanol–water partition coefficient (Wildman–Crippen LogP) is 2.52. The Morgan fingerprint density at radius 1 is 1.10 bits per heavy atom. The molecule has 150 valence electrons. The van der Waals surface area contributed by atoms with Crippen LogP contribution in [0.25, 0.3) is 10.6 Å². The van der Waals surface area contributed by atoms with Crippen LogP contribution in [-0.2, 0) is 16.0 Å². The van der Waals surface area contributed by atoms with Gasteiger partial charge in [0, 0.05) is 17.1 Å². The van der Waals surface area contributed by atoms with Crippen LogP contribution in [-0.4, -0.2) is 42.5 Å². The van der Waals surface area contributed by atoms with E-state index in [1.54, 1.807) is 32.5 Å². The Bertz CT molecular complexity index is 991. The number of hydrogen-bond acceptors (Lipinski definition) is 7. The highest BCUT2D eigenvalue weighted by atomic mass is 32.1. The molecular formula is C20H20N4O4S. The molecule has 0 atom stereocenters. The molecule has 0 aliphatic heterocycles. The van der Waals surface area contributed by atoms with E-state index >= 15 is 0 Å². The van der Waals surface area contributed by atoms with Gasteiger partial charge in [-0.25, -0.2) is 4.98 Å². The molecule has 3 rings (SSSR count). The van der Waals surface area contributed by atoms with Gasteiger partial charge in [-0.15, -0.1) is 11.3 Å². The van der Waals surface area contributed by atoms with Crippen LogP contribution < -0.4 is 20.1 Å². The molecule has 2 amide bonds. The number of carbonyl (C=O) groups is 2. The molecule has 29 heavy (non-hydrogen) atoms. The van der Waals surface area contributed by atoms with Gasteiger partial charge in [0.1, 0.15) is 5.01 Å². The number of carbonyl (C=O) groups excluding carboxylic acids is 2. The molecule has 0 bridgehead atoms. The third kappa shape index (κ3) is 5.52. The highest BCUT2D eigenvalue weighted by molar-refractivity contribution is 7.13. The van der Waals surface area contributed by atoms with Crippen LogP contribution in [0.2, 0.25) is 0 Å². The summed E-state index contributed by atoms with van der Waals surface area (Å²) in [5.74, 6) is 0.641. The molecular weight excluding hydrogens is 392 g/mol. The number of nitrogens with one attached hydrogen (secondary N) is 2. The number of rotatable bonds is 8. The average Bonchev–Trinajstić information content (AvgIpc) is 3.21. The standard InChI is InChI=1S/C20H20N4O4S/c1-27-16-6-5-13(8-17(16)28-2)20-24-15(12-29-20)9-18(25)22-11-19(26)23-14-4-3-7-21-10-14/h3-8,10,12H,9,11H2,1-2H3,(H,22,25)(H,23,26). The van der Waals surface area contributed by atoms with E-state index in [-0.39, 0.29) is 24.8 Å². The minimum atomic E-state index is -0.323. The SMILES string of the molecule is COc1ccc(-c2nc(CC(=O)NCC(=O)Nc3cccnc3)cs2)cc1OC. The van der Waals surface area contributed by atoms with E-state index < -0.39 is 0 Å². The number of ether oxygens (including phenoxy) is 2. The fourth-order valence-corrected chi connectivity index (χ4v) is 3.35. The third-order valence-corrected chi connectivity index (χ3v) is 4.86. The third-order valence-electron chi connectivity index (χ3n) is 3.92. The molecule has 2 aromatic heterocycles. The topological polar surface area (TPSA) is 102 Å². The summed E-state index contributed by atoms with van der Waals surface area (Å²) < 4.78 is 10.6. The normalized spacial score (nSPS) is 10.3. The molecule has 9 heteroatoms. The Hall–Kier alpha value is -3.46. The van der Waals surface area contributed by atoms with E-state index in [1.807, 2.05) is 23.6 Å². The number of benzene rings is 1. The van der Waals surface area contributed by atoms with E-state index in [2.05, 4.69) is 20.6 Å². The van der Waals surface area contributed by atoms with Crippen LogP contribution in [0, 0.1) is 0 Å². The Balaban J connectivity index is 1.54. The monoisotopic (exact) mass is 412 g/mol. The number of nitrogens with zero attached hydrogens (tertiary/aromatic N) is 2. The van der Waals surface area contributed by atoms with E-state index in [0.29, 0.717) is 22.9 Å². The van der Waals surface area contributed by atoms with Gasteiger partial charge in [-0.05, 0) is 30.3 Å². The first-order valence-corrected chi connectivity index (χ1v) is 9.60. The molecule has 0 spiro atoms. The lowest BCUT2D eigenvalue weighted by molar-refractivity contribution is -0.123. The van der Waals surface area contributed by atoms with E-state index in [0.717, 1.165) is 10.6 Å². The fourth-order valence-electron chi connectivity index (χ4n) is 2.54. The molecule has 0 radical (unpaired) electrons. The summed E-state index contributed by atoms with van der Waals surface area (Å²) in [6.45, 7) is -0.125. The largest absolute Gasteiger partial charge is 0.493 e. The minimum absolute atomic E-state index is 0.0873. The smallest absolute Gasteiger partial charge is 0.243 e. The molecule has 1 aromatic carbocycles. The molecule has 0 fully saturated rings. The Morgan fingerprint density at radius 2 is 1.93 bits per heavy atom. The van der Waals surface area contributed by atoms with E-state index in [1.165, 1.54) is 17.5 Å². The maximum atomic E-state index is 12.1. The summed E-state index contributed by atoms with van der Waals surface area (Å²) in [6, 6.07) is 8.96. The summed E-state index contributed by atoms with van der Waals surface area (Å²) in [4.78, 5) is 32.4. The molecule has 2 heterocycles. The van der Waals surface area contributed by atoms with Gasteiger partial charge < -0.3 is 20.1 Å². The van der Waals surface area contributed by atoms with E-state index in [9.17, 15) is 9.59 Å². The molecule has 0 aliphatic carbocycles. The number of methoxy groups -OCH3 is 2. The molecule has 8 nitrogen and oxygen atoms in total. The first-order valence-electron chi connectivity index (χ1n) is 8.72. The van der Waals surface area contributed by atoms with Gasteiger partial charge >= 0.3 is 0 Å². The van der Waals surface area contributed by atoms with Gasteiger partial charge in [0.15, 0.2) is 11.5 Å². The number of amides is 2. The van der Waals surface area contributed by atoms with Crippen molar-refractivity contribution in [1.82, 2.24) is 15.3 Å². The molecule has 0 saturated carbocycles. The number of anilines is 1. The molecule has 0 saturated heterocycles. The highest BCUT2D eigenvalue weighted by Gasteiger charge is 2.12. The lowest BCUT2D eigenvalue weighted by Crippen LogP contribution is -2.33. The van der Waals surface area contributed by atoms with Crippen molar-refractivity contribution in [3.63, 3.8) is 0 Å². The minimum Gasteiger partial charge on any atom is -0.493 e. The summed E-state index contributed by atoms with van der Waals surface area (Å²) >= 11 is 1.43. The predicted molar refractivity (Wildman–Crippen MR) is 110 cm³/mol. The Morgan fingerprint density at radius 3 is 2.66 bits per heavy atom. The molecule has 0 unspecified atom stereocenters. The van der Waals surface area contributed by atoms with Crippen LogP contribution in [0.15, 0.2) is 48.1 Å². The lowest BCUT2D eigenvalue weighted by atomic mass is 10.2. The zero-order valence-corrected chi connectivity index (χ0v) is 16.8. The van der Waals surface area contributed by atoms with Gasteiger partial charge in [0.2, 0.25) is 11.8 Å². The van der Waals surface area contributed by atoms with Gasteiger partial charge in [-0.3, -0.25) is 14.6 Å². The number of hydrogen-bond donors (Lipinski definition) is 2.